The van der Waals surface area contributed by atoms with Gasteiger partial charge in [-0.3, -0.25) is 15.0 Å². The van der Waals surface area contributed by atoms with Gasteiger partial charge in [-0.05, 0) is 36.8 Å². The van der Waals surface area contributed by atoms with E-state index < -0.39 is 18.2 Å². The molecule has 6 nitrogen and oxygen atoms in total. The van der Waals surface area contributed by atoms with Crippen LogP contribution in [0, 0.1) is 0 Å². The summed E-state index contributed by atoms with van der Waals surface area (Å²) in [5, 5.41) is 4.66. The van der Waals surface area contributed by atoms with Crippen molar-refractivity contribution in [1.29, 1.82) is 0 Å². The Hall–Kier alpha value is -3.80. The Morgan fingerprint density at radius 2 is 1.59 bits per heavy atom. The quantitative estimate of drug-likeness (QED) is 0.700. The first-order chi connectivity index (χ1) is 14.1. The van der Waals surface area contributed by atoms with E-state index in [1.54, 1.807) is 31.2 Å². The maximum absolute atomic E-state index is 13.1. The molecule has 1 heterocycles. The van der Waals surface area contributed by atoms with Gasteiger partial charge in [-0.2, -0.15) is 0 Å². The number of hydrogen-bond donors (Lipinski definition) is 2. The second-order valence-electron chi connectivity index (χ2n) is 6.73. The number of hydrazine groups is 1. The van der Waals surface area contributed by atoms with E-state index in [1.165, 1.54) is 5.01 Å². The summed E-state index contributed by atoms with van der Waals surface area (Å²) in [4.78, 5) is 25.9. The normalized spacial score (nSPS) is 16.4. The standard InChI is InChI=1S/C23H21N3O3/c1-16(29-18-12-6-3-7-13-18)22(27)25-26-21(17-10-4-2-5-11-17)24-20-15-9-8-14-19(20)23(26)28/h2-16,21,24H,1H3,(H,25,27). The number of para-hydroxylation sites is 2. The van der Waals surface area contributed by atoms with Crippen LogP contribution in [0.4, 0.5) is 5.69 Å². The predicted molar refractivity (Wildman–Crippen MR) is 110 cm³/mol. The van der Waals surface area contributed by atoms with Crippen LogP contribution in [0.15, 0.2) is 84.9 Å². The van der Waals surface area contributed by atoms with Crippen molar-refractivity contribution in [2.75, 3.05) is 5.32 Å². The SMILES string of the molecule is CC(Oc1ccccc1)C(=O)NN1C(=O)c2ccccc2NC1c1ccccc1. The molecule has 0 aromatic heterocycles. The Labute approximate surface area is 169 Å². The zero-order valence-corrected chi connectivity index (χ0v) is 15.9. The molecule has 3 aromatic carbocycles. The number of nitrogens with zero attached hydrogens (tertiary/aromatic N) is 1. The highest BCUT2D eigenvalue weighted by Gasteiger charge is 2.35. The molecule has 29 heavy (non-hydrogen) atoms. The van der Waals surface area contributed by atoms with Crippen LogP contribution >= 0.6 is 0 Å². The molecule has 2 atom stereocenters. The van der Waals surface area contributed by atoms with E-state index in [9.17, 15) is 9.59 Å². The Bertz CT molecular complexity index is 1010. The average Bonchev–Trinajstić information content (AvgIpc) is 2.76. The van der Waals surface area contributed by atoms with Gasteiger partial charge in [0, 0.05) is 5.69 Å². The van der Waals surface area contributed by atoms with Crippen molar-refractivity contribution >= 4 is 17.5 Å². The average molecular weight is 387 g/mol. The smallest absolute Gasteiger partial charge is 0.279 e. The third kappa shape index (κ3) is 3.91. The molecule has 0 fully saturated rings. The number of fused-ring (bicyclic) bond motifs is 1. The first-order valence-electron chi connectivity index (χ1n) is 9.40. The van der Waals surface area contributed by atoms with E-state index in [0.717, 1.165) is 11.3 Å². The molecule has 0 aliphatic carbocycles. The van der Waals surface area contributed by atoms with Gasteiger partial charge in [0.15, 0.2) is 6.10 Å². The van der Waals surface area contributed by atoms with Gasteiger partial charge in [-0.15, -0.1) is 0 Å². The lowest BCUT2D eigenvalue weighted by atomic mass is 10.1. The van der Waals surface area contributed by atoms with Gasteiger partial charge in [0.05, 0.1) is 5.56 Å². The van der Waals surface area contributed by atoms with Crippen LogP contribution in [0.5, 0.6) is 5.75 Å². The van der Waals surface area contributed by atoms with Crippen LogP contribution in [0.2, 0.25) is 0 Å². The van der Waals surface area contributed by atoms with Crippen molar-refractivity contribution < 1.29 is 14.3 Å². The molecule has 1 aliphatic heterocycles. The van der Waals surface area contributed by atoms with E-state index in [0.29, 0.717) is 11.3 Å². The molecule has 0 saturated carbocycles. The minimum absolute atomic E-state index is 0.284. The van der Waals surface area contributed by atoms with E-state index in [4.69, 9.17) is 4.74 Å². The molecular formula is C23H21N3O3. The van der Waals surface area contributed by atoms with Crippen LogP contribution in [0.25, 0.3) is 0 Å². The molecule has 2 amide bonds. The van der Waals surface area contributed by atoms with Crippen molar-refractivity contribution in [1.82, 2.24) is 10.4 Å². The number of hydrogen-bond acceptors (Lipinski definition) is 4. The monoisotopic (exact) mass is 387 g/mol. The molecule has 4 rings (SSSR count). The molecular weight excluding hydrogens is 366 g/mol. The number of rotatable bonds is 5. The Kier molecular flexibility index (Phi) is 5.16. The number of amides is 2. The van der Waals surface area contributed by atoms with Gasteiger partial charge in [0.1, 0.15) is 11.9 Å². The summed E-state index contributed by atoms with van der Waals surface area (Å²) in [7, 11) is 0. The second kappa shape index (κ2) is 8.06. The third-order valence-electron chi connectivity index (χ3n) is 4.70. The van der Waals surface area contributed by atoms with E-state index in [1.807, 2.05) is 60.7 Å². The van der Waals surface area contributed by atoms with Crippen molar-refractivity contribution in [3.63, 3.8) is 0 Å². The Morgan fingerprint density at radius 1 is 0.966 bits per heavy atom. The fourth-order valence-electron chi connectivity index (χ4n) is 3.20. The summed E-state index contributed by atoms with van der Waals surface area (Å²) in [5.74, 6) is -0.110. The maximum atomic E-state index is 13.1. The number of carbonyl (C=O) groups is 2. The molecule has 3 aromatic rings. The molecule has 146 valence electrons. The molecule has 0 radical (unpaired) electrons. The van der Waals surface area contributed by atoms with Crippen LogP contribution in [0.3, 0.4) is 0 Å². The predicted octanol–water partition coefficient (Wildman–Crippen LogP) is 3.75. The molecule has 0 spiro atoms. The molecule has 1 aliphatic rings. The van der Waals surface area contributed by atoms with Crippen LogP contribution < -0.4 is 15.5 Å². The van der Waals surface area contributed by atoms with Gasteiger partial charge in [0.2, 0.25) is 0 Å². The fourth-order valence-corrected chi connectivity index (χ4v) is 3.20. The number of ether oxygens (including phenoxy) is 1. The molecule has 0 bridgehead atoms. The van der Waals surface area contributed by atoms with Crippen molar-refractivity contribution in [2.45, 2.75) is 19.2 Å². The summed E-state index contributed by atoms with van der Waals surface area (Å²) >= 11 is 0. The van der Waals surface area contributed by atoms with Crippen LogP contribution in [-0.4, -0.2) is 22.9 Å². The van der Waals surface area contributed by atoms with E-state index in [-0.39, 0.29) is 5.91 Å². The maximum Gasteiger partial charge on any atom is 0.279 e. The van der Waals surface area contributed by atoms with Gasteiger partial charge >= 0.3 is 0 Å². The zero-order chi connectivity index (χ0) is 20.2. The molecule has 2 N–H and O–H groups in total. The minimum atomic E-state index is -0.779. The van der Waals surface area contributed by atoms with Gasteiger partial charge in [-0.1, -0.05) is 60.7 Å². The first-order valence-corrected chi connectivity index (χ1v) is 9.40. The first kappa shape index (κ1) is 18.6. The summed E-state index contributed by atoms with van der Waals surface area (Å²) in [6, 6.07) is 25.8. The van der Waals surface area contributed by atoms with Crippen molar-refractivity contribution in [3.8, 4) is 5.75 Å². The largest absolute Gasteiger partial charge is 0.481 e. The highest BCUT2D eigenvalue weighted by molar-refractivity contribution is 6.02. The van der Waals surface area contributed by atoms with Crippen molar-refractivity contribution in [2.24, 2.45) is 0 Å². The van der Waals surface area contributed by atoms with E-state index >= 15 is 0 Å². The Morgan fingerprint density at radius 3 is 2.31 bits per heavy atom. The summed E-state index contributed by atoms with van der Waals surface area (Å²) < 4.78 is 5.69. The lowest BCUT2D eigenvalue weighted by Gasteiger charge is -2.38. The molecule has 6 heteroatoms. The second-order valence-corrected chi connectivity index (χ2v) is 6.73. The topological polar surface area (TPSA) is 70.7 Å². The van der Waals surface area contributed by atoms with Crippen LogP contribution in [0.1, 0.15) is 29.0 Å². The fraction of sp³-hybridized carbons (Fsp3) is 0.130. The molecule has 0 saturated heterocycles. The summed E-state index contributed by atoms with van der Waals surface area (Å²) in [6.45, 7) is 1.65. The van der Waals surface area contributed by atoms with E-state index in [2.05, 4.69) is 10.7 Å². The van der Waals surface area contributed by atoms with Gasteiger partial charge in [-0.25, -0.2) is 5.01 Å². The highest BCUT2D eigenvalue weighted by Crippen LogP contribution is 2.31. The lowest BCUT2D eigenvalue weighted by Crippen LogP contribution is -2.55. The molecule has 2 unspecified atom stereocenters. The van der Waals surface area contributed by atoms with Gasteiger partial charge in [0.25, 0.3) is 11.8 Å². The van der Waals surface area contributed by atoms with Gasteiger partial charge < -0.3 is 10.1 Å². The summed E-state index contributed by atoms with van der Waals surface area (Å²) in [6.07, 6.45) is -1.31. The summed E-state index contributed by atoms with van der Waals surface area (Å²) in [5.41, 5.74) is 4.81. The number of nitrogens with one attached hydrogen (secondary N) is 2. The lowest BCUT2D eigenvalue weighted by molar-refractivity contribution is -0.132. The minimum Gasteiger partial charge on any atom is -0.481 e. The van der Waals surface area contributed by atoms with Crippen LogP contribution in [-0.2, 0) is 4.79 Å². The zero-order valence-electron chi connectivity index (χ0n) is 15.9. The number of carbonyl (C=O) groups excluding carboxylic acids is 2. The third-order valence-corrected chi connectivity index (χ3v) is 4.70. The number of benzene rings is 3. The van der Waals surface area contributed by atoms with Crippen molar-refractivity contribution in [3.05, 3.63) is 96.1 Å². The number of anilines is 1. The highest BCUT2D eigenvalue weighted by atomic mass is 16.5. The Balaban J connectivity index is 1.59.